The summed E-state index contributed by atoms with van der Waals surface area (Å²) < 4.78 is 0. The van der Waals surface area contributed by atoms with Crippen molar-refractivity contribution in [3.05, 3.63) is 0 Å². The number of rotatable bonds is 5. The van der Waals surface area contributed by atoms with E-state index in [2.05, 4.69) is 18.7 Å². The Morgan fingerprint density at radius 2 is 1.94 bits per heavy atom. The first-order chi connectivity index (χ1) is 7.02. The van der Waals surface area contributed by atoms with Crippen molar-refractivity contribution < 1.29 is 4.79 Å². The van der Waals surface area contributed by atoms with Crippen LogP contribution in [0.15, 0.2) is 0 Å². The molecule has 0 aromatic carbocycles. The minimum absolute atomic E-state index is 0. The summed E-state index contributed by atoms with van der Waals surface area (Å²) in [6.45, 7) is 6.15. The second-order valence-electron chi connectivity index (χ2n) is 5.00. The van der Waals surface area contributed by atoms with Crippen molar-refractivity contribution in [1.82, 2.24) is 4.90 Å². The van der Waals surface area contributed by atoms with Gasteiger partial charge in [-0.05, 0) is 46.5 Å². The van der Waals surface area contributed by atoms with Crippen molar-refractivity contribution in [1.29, 1.82) is 0 Å². The number of hydrogen-bond donors (Lipinski definition) is 1. The van der Waals surface area contributed by atoms with E-state index >= 15 is 0 Å². The number of halogens is 1. The predicted molar refractivity (Wildman–Crippen MR) is 69.8 cm³/mol. The third-order valence-electron chi connectivity index (χ3n) is 3.13. The van der Waals surface area contributed by atoms with Crippen LogP contribution in [0.25, 0.3) is 0 Å². The Morgan fingerprint density at radius 3 is 2.25 bits per heavy atom. The van der Waals surface area contributed by atoms with Gasteiger partial charge in [-0.2, -0.15) is 0 Å². The van der Waals surface area contributed by atoms with Gasteiger partial charge in [-0.3, -0.25) is 4.79 Å². The maximum Gasteiger partial charge on any atom is 0.223 e. The lowest BCUT2D eigenvalue weighted by Crippen LogP contribution is -2.48. The lowest BCUT2D eigenvalue weighted by atomic mass is 9.90. The van der Waals surface area contributed by atoms with E-state index in [0.29, 0.717) is 18.5 Å². The molecule has 1 saturated carbocycles. The monoisotopic (exact) mass is 248 g/mol. The highest BCUT2D eigenvalue weighted by atomic mass is 35.5. The number of amides is 1. The molecule has 1 atom stereocenters. The molecule has 96 valence electrons. The third-order valence-corrected chi connectivity index (χ3v) is 3.13. The van der Waals surface area contributed by atoms with Crippen molar-refractivity contribution in [3.8, 4) is 0 Å². The first-order valence-corrected chi connectivity index (χ1v) is 6.09. The van der Waals surface area contributed by atoms with Crippen LogP contribution in [0.1, 0.15) is 52.9 Å². The van der Waals surface area contributed by atoms with Crippen molar-refractivity contribution in [2.24, 2.45) is 5.73 Å². The quantitative estimate of drug-likeness (QED) is 0.812. The van der Waals surface area contributed by atoms with Crippen LogP contribution < -0.4 is 5.73 Å². The number of hydrogen-bond acceptors (Lipinski definition) is 2. The van der Waals surface area contributed by atoms with Crippen molar-refractivity contribution in [2.45, 2.75) is 71.0 Å². The topological polar surface area (TPSA) is 46.3 Å². The molecule has 0 heterocycles. The van der Waals surface area contributed by atoms with Crippen LogP contribution in [-0.2, 0) is 4.79 Å². The summed E-state index contributed by atoms with van der Waals surface area (Å²) in [4.78, 5) is 14.1. The van der Waals surface area contributed by atoms with Gasteiger partial charge in [0.05, 0.1) is 0 Å². The van der Waals surface area contributed by atoms with Crippen LogP contribution >= 0.6 is 12.4 Å². The molecule has 2 N–H and O–H groups in total. The van der Waals surface area contributed by atoms with Gasteiger partial charge in [0.15, 0.2) is 0 Å². The minimum Gasteiger partial charge on any atom is -0.337 e. The number of carbonyl (C=O) groups excluding carboxylic acids is 1. The fourth-order valence-corrected chi connectivity index (χ4v) is 2.06. The van der Waals surface area contributed by atoms with Gasteiger partial charge in [0, 0.05) is 24.5 Å². The van der Waals surface area contributed by atoms with E-state index in [-0.39, 0.29) is 24.4 Å². The second kappa shape index (κ2) is 7.13. The largest absolute Gasteiger partial charge is 0.337 e. The molecule has 1 fully saturated rings. The molecular formula is C12H25ClN2O. The maximum atomic E-state index is 12.0. The Bertz CT molecular complexity index is 215. The van der Waals surface area contributed by atoms with Crippen molar-refractivity contribution in [2.75, 3.05) is 0 Å². The molecule has 0 spiro atoms. The molecule has 0 aliphatic heterocycles. The zero-order valence-corrected chi connectivity index (χ0v) is 11.4. The van der Waals surface area contributed by atoms with Gasteiger partial charge in [0.2, 0.25) is 5.91 Å². The van der Waals surface area contributed by atoms with Gasteiger partial charge in [-0.1, -0.05) is 0 Å². The van der Waals surface area contributed by atoms with Crippen LogP contribution in [0.5, 0.6) is 0 Å². The van der Waals surface area contributed by atoms with Gasteiger partial charge in [-0.15, -0.1) is 12.4 Å². The molecule has 4 heteroatoms. The Kier molecular flexibility index (Phi) is 7.00. The normalized spacial score (nSPS) is 17.6. The molecule has 0 radical (unpaired) electrons. The maximum absolute atomic E-state index is 12.0. The summed E-state index contributed by atoms with van der Waals surface area (Å²) in [7, 11) is 0. The molecule has 1 amide bonds. The van der Waals surface area contributed by atoms with Gasteiger partial charge in [0.25, 0.3) is 0 Å². The standard InChI is InChI=1S/C12H24N2O.ClH/c1-9(2)14(11-5-4-6-11)12(15)8-7-10(3)13;/h9-11H,4-8,13H2,1-3H3;1H. The highest BCUT2D eigenvalue weighted by Crippen LogP contribution is 2.27. The Balaban J connectivity index is 0.00000225. The summed E-state index contributed by atoms with van der Waals surface area (Å²) in [5.74, 6) is 0.284. The van der Waals surface area contributed by atoms with Gasteiger partial charge in [-0.25, -0.2) is 0 Å². The van der Waals surface area contributed by atoms with Crippen molar-refractivity contribution >= 4 is 18.3 Å². The smallest absolute Gasteiger partial charge is 0.223 e. The van der Waals surface area contributed by atoms with Crippen LogP contribution in [-0.4, -0.2) is 28.9 Å². The van der Waals surface area contributed by atoms with Crippen LogP contribution in [0, 0.1) is 0 Å². The molecule has 0 aromatic rings. The Morgan fingerprint density at radius 1 is 1.38 bits per heavy atom. The van der Waals surface area contributed by atoms with Gasteiger partial charge < -0.3 is 10.6 Å². The molecule has 1 rings (SSSR count). The second-order valence-corrected chi connectivity index (χ2v) is 5.00. The predicted octanol–water partition coefficient (Wildman–Crippen LogP) is 2.33. The Labute approximate surface area is 105 Å². The van der Waals surface area contributed by atoms with E-state index in [1.54, 1.807) is 0 Å². The number of carbonyl (C=O) groups is 1. The van der Waals surface area contributed by atoms with Crippen LogP contribution in [0.3, 0.4) is 0 Å². The molecule has 0 aromatic heterocycles. The van der Waals surface area contributed by atoms with Gasteiger partial charge >= 0.3 is 0 Å². The molecule has 3 nitrogen and oxygen atoms in total. The van der Waals surface area contributed by atoms with E-state index in [1.165, 1.54) is 19.3 Å². The van der Waals surface area contributed by atoms with E-state index < -0.39 is 0 Å². The molecule has 1 aliphatic carbocycles. The van der Waals surface area contributed by atoms with Crippen molar-refractivity contribution in [3.63, 3.8) is 0 Å². The zero-order chi connectivity index (χ0) is 11.4. The lowest BCUT2D eigenvalue weighted by Gasteiger charge is -2.40. The first-order valence-electron chi connectivity index (χ1n) is 6.09. The average Bonchev–Trinajstić information content (AvgIpc) is 2.06. The summed E-state index contributed by atoms with van der Waals surface area (Å²) in [5, 5.41) is 0. The third kappa shape index (κ3) is 4.30. The van der Waals surface area contributed by atoms with Crippen LogP contribution in [0.2, 0.25) is 0 Å². The molecule has 1 aliphatic rings. The molecular weight excluding hydrogens is 224 g/mol. The highest BCUT2D eigenvalue weighted by Gasteiger charge is 2.30. The van der Waals surface area contributed by atoms with E-state index in [4.69, 9.17) is 5.73 Å². The van der Waals surface area contributed by atoms with E-state index in [9.17, 15) is 4.79 Å². The molecule has 0 saturated heterocycles. The average molecular weight is 249 g/mol. The summed E-state index contributed by atoms with van der Waals surface area (Å²) >= 11 is 0. The molecule has 16 heavy (non-hydrogen) atoms. The summed E-state index contributed by atoms with van der Waals surface area (Å²) in [6.07, 6.45) is 5.04. The molecule has 0 bridgehead atoms. The highest BCUT2D eigenvalue weighted by molar-refractivity contribution is 5.85. The summed E-state index contributed by atoms with van der Waals surface area (Å²) in [6, 6.07) is 0.964. The SMILES string of the molecule is CC(N)CCC(=O)N(C(C)C)C1CCC1.Cl. The Hall–Kier alpha value is -0.280. The minimum atomic E-state index is 0. The first kappa shape index (κ1) is 15.7. The van der Waals surface area contributed by atoms with E-state index in [1.807, 2.05) is 6.92 Å². The molecule has 1 unspecified atom stereocenters. The van der Waals surface area contributed by atoms with Gasteiger partial charge in [0.1, 0.15) is 0 Å². The fraction of sp³-hybridized carbons (Fsp3) is 0.917. The number of nitrogens with zero attached hydrogens (tertiary/aromatic N) is 1. The fourth-order valence-electron chi connectivity index (χ4n) is 2.06. The zero-order valence-electron chi connectivity index (χ0n) is 10.6. The summed E-state index contributed by atoms with van der Waals surface area (Å²) in [5.41, 5.74) is 5.67. The van der Waals surface area contributed by atoms with Crippen LogP contribution in [0.4, 0.5) is 0 Å². The van der Waals surface area contributed by atoms with E-state index in [0.717, 1.165) is 6.42 Å². The number of nitrogens with two attached hydrogens (primary N) is 1. The lowest BCUT2D eigenvalue weighted by molar-refractivity contribution is -0.137.